The van der Waals surface area contributed by atoms with Crippen molar-refractivity contribution in [3.63, 3.8) is 0 Å². The molecule has 0 N–H and O–H groups in total. The molecule has 0 bridgehead atoms. The van der Waals surface area contributed by atoms with Crippen molar-refractivity contribution in [1.29, 1.82) is 0 Å². The van der Waals surface area contributed by atoms with E-state index in [0.717, 1.165) is 71.8 Å². The van der Waals surface area contributed by atoms with Crippen molar-refractivity contribution in [3.8, 4) is 22.3 Å². The Balaban J connectivity index is 0.761. The molecule has 0 saturated carbocycles. The maximum atomic E-state index is 13.4. The lowest BCUT2D eigenvalue weighted by Crippen LogP contribution is -2.20. The second-order valence-electron chi connectivity index (χ2n) is 18.0. The Morgan fingerprint density at radius 1 is 0.156 bits per heavy atom. The minimum atomic E-state index is -1.51. The maximum absolute atomic E-state index is 13.4. The molecule has 0 saturated heterocycles. The molecule has 446 valence electrons. The standard InChI is InChI=1S/C66H38O24/c67-55(40-23-5-2-6-24-40)79-80-57(69)45-29-11-12-30-46(45)59(71)83-84-61(73)49-33-15-16-34-50(49)63(75)87-88-65(77)53-37-19-20-38-54(53)66(78)90-89-64(76)52-36-18-17-35-51(52)62(74)86-85-60(72)48-32-14-13-31-47(48)58(70)82-81-56(68)44-28-10-9-27-43(44)42-26-8-7-25-41(42)39-21-3-1-4-22-39/h1-38H. The summed E-state index contributed by atoms with van der Waals surface area (Å²) in [7, 11) is 0. The number of carbonyl (C=O) groups excluding carboxylic acids is 12. The summed E-state index contributed by atoms with van der Waals surface area (Å²) in [5.74, 6) is -16.5. The maximum Gasteiger partial charge on any atom is 0.387 e. The average molecular weight is 1220 g/mol. The van der Waals surface area contributed by atoms with E-state index in [1.807, 2.05) is 48.5 Å². The van der Waals surface area contributed by atoms with Crippen LogP contribution in [0.25, 0.3) is 22.3 Å². The smallest absolute Gasteiger partial charge is 0.242 e. The van der Waals surface area contributed by atoms with Crippen LogP contribution in [0, 0.1) is 0 Å². The van der Waals surface area contributed by atoms with Crippen LogP contribution < -0.4 is 0 Å². The summed E-state index contributed by atoms with van der Waals surface area (Å²) in [6.45, 7) is 0. The summed E-state index contributed by atoms with van der Waals surface area (Å²) in [6, 6.07) is 54.2. The summed E-state index contributed by atoms with van der Waals surface area (Å²) in [5.41, 5.74) is -2.77. The lowest BCUT2D eigenvalue weighted by atomic mass is 9.92. The monoisotopic (exact) mass is 1210 g/mol. The van der Waals surface area contributed by atoms with E-state index in [1.54, 1.807) is 30.3 Å². The van der Waals surface area contributed by atoms with Gasteiger partial charge in [0.2, 0.25) is 0 Å². The van der Waals surface area contributed by atoms with Gasteiger partial charge in [0.05, 0.1) is 66.8 Å². The fourth-order valence-electron chi connectivity index (χ4n) is 8.25. The SMILES string of the molecule is O=C(OOC(=O)c1ccccc1C(=O)OOC(=O)c1ccccc1C(=O)OOC(=O)c1ccccc1C(=O)OOC(=O)c1ccccc1C(=O)OOC(=O)c1ccccc1C(=O)OOC(=O)c1ccccc1-c1ccccc1-c1ccccc1)c1ccccc1. The van der Waals surface area contributed by atoms with Gasteiger partial charge in [0.1, 0.15) is 0 Å². The second-order valence-corrected chi connectivity index (χ2v) is 18.0. The van der Waals surface area contributed by atoms with Crippen molar-refractivity contribution in [3.05, 3.63) is 297 Å². The average Bonchev–Trinajstić information content (AvgIpc) is 1.30. The predicted octanol–water partition coefficient (Wildman–Crippen LogP) is 10.6. The Hall–Kier alpha value is -13.4. The Kier molecular flexibility index (Phi) is 19.7. The molecule has 0 unspecified atom stereocenters. The Labute approximate surface area is 505 Å². The summed E-state index contributed by atoms with van der Waals surface area (Å²) in [4.78, 5) is 214. The van der Waals surface area contributed by atoms with Crippen LogP contribution in [0.2, 0.25) is 0 Å². The molecule has 24 heteroatoms. The van der Waals surface area contributed by atoms with E-state index in [-0.39, 0.29) is 11.1 Å². The summed E-state index contributed by atoms with van der Waals surface area (Å²) in [6.07, 6.45) is 0. The number of carbonyl (C=O) groups is 12. The molecular formula is C66H38O24. The van der Waals surface area contributed by atoms with Crippen molar-refractivity contribution >= 4 is 71.6 Å². The molecule has 0 amide bonds. The molecule has 9 aromatic rings. The normalized spacial score (nSPS) is 10.3. The van der Waals surface area contributed by atoms with E-state index in [2.05, 4.69) is 39.1 Å². The van der Waals surface area contributed by atoms with Gasteiger partial charge < -0.3 is 0 Å². The molecule has 0 atom stereocenters. The summed E-state index contributed by atoms with van der Waals surface area (Å²) >= 11 is 0. The van der Waals surface area contributed by atoms with Crippen molar-refractivity contribution < 1.29 is 116 Å². The molecule has 0 fully saturated rings. The highest BCUT2D eigenvalue weighted by atomic mass is 17.2. The zero-order valence-corrected chi connectivity index (χ0v) is 45.7. The van der Waals surface area contributed by atoms with Gasteiger partial charge in [0.25, 0.3) is 0 Å². The lowest BCUT2D eigenvalue weighted by Gasteiger charge is -2.13. The zero-order valence-electron chi connectivity index (χ0n) is 45.7. The molecular weight excluding hydrogens is 1180 g/mol. The minimum Gasteiger partial charge on any atom is -0.242 e. The first-order chi connectivity index (χ1) is 43.7. The third-order valence-electron chi connectivity index (χ3n) is 12.5. The van der Waals surface area contributed by atoms with E-state index in [1.165, 1.54) is 91.0 Å². The molecule has 0 aromatic heterocycles. The molecule has 9 rings (SSSR count). The van der Waals surface area contributed by atoms with Crippen LogP contribution in [0.5, 0.6) is 0 Å². The van der Waals surface area contributed by atoms with Crippen LogP contribution in [-0.4, -0.2) is 71.6 Å². The first kappa shape index (κ1) is 61.2. The van der Waals surface area contributed by atoms with Gasteiger partial charge in [-0.2, -0.15) is 0 Å². The number of rotatable bonds is 14. The molecule has 0 radical (unpaired) electrons. The molecule has 24 nitrogen and oxygen atoms in total. The molecule has 0 aliphatic rings. The first-order valence-electron chi connectivity index (χ1n) is 26.0. The van der Waals surface area contributed by atoms with E-state index < -0.39 is 127 Å². The van der Waals surface area contributed by atoms with Crippen LogP contribution in [0.3, 0.4) is 0 Å². The quantitative estimate of drug-likeness (QED) is 0.0721. The van der Waals surface area contributed by atoms with E-state index in [4.69, 9.17) is 19.6 Å². The van der Waals surface area contributed by atoms with Crippen molar-refractivity contribution in [1.82, 2.24) is 0 Å². The van der Waals surface area contributed by atoms with Gasteiger partial charge in [-0.05, 0) is 101 Å². The van der Waals surface area contributed by atoms with Crippen LogP contribution in [0.1, 0.15) is 124 Å². The van der Waals surface area contributed by atoms with Gasteiger partial charge in [-0.1, -0.05) is 152 Å². The lowest BCUT2D eigenvalue weighted by molar-refractivity contribution is -0.191. The van der Waals surface area contributed by atoms with Gasteiger partial charge in [-0.3, -0.25) is 0 Å². The van der Waals surface area contributed by atoms with Crippen LogP contribution >= 0.6 is 0 Å². The number of benzene rings is 9. The second kappa shape index (κ2) is 28.9. The third kappa shape index (κ3) is 14.7. The first-order valence-corrected chi connectivity index (χ1v) is 26.0. The Bertz CT molecular complexity index is 4290. The highest BCUT2D eigenvalue weighted by molar-refractivity contribution is 6.08. The van der Waals surface area contributed by atoms with Gasteiger partial charge >= 0.3 is 71.6 Å². The fourth-order valence-corrected chi connectivity index (χ4v) is 8.25. The van der Waals surface area contributed by atoms with Crippen LogP contribution in [-0.2, 0) is 58.7 Å². The van der Waals surface area contributed by atoms with Crippen LogP contribution in [0.4, 0.5) is 0 Å². The van der Waals surface area contributed by atoms with Gasteiger partial charge in [-0.15, -0.1) is 0 Å². The molecule has 9 aromatic carbocycles. The Morgan fingerprint density at radius 2 is 0.333 bits per heavy atom. The Morgan fingerprint density at radius 3 is 0.600 bits per heavy atom. The fraction of sp³-hybridized carbons (Fsp3) is 0. The van der Waals surface area contributed by atoms with E-state index >= 15 is 0 Å². The largest absolute Gasteiger partial charge is 0.387 e. The van der Waals surface area contributed by atoms with Gasteiger partial charge in [0.15, 0.2) is 0 Å². The number of hydrogen-bond acceptors (Lipinski definition) is 24. The molecule has 0 aliphatic carbocycles. The summed E-state index contributed by atoms with van der Waals surface area (Å²) in [5, 5.41) is 0. The summed E-state index contributed by atoms with van der Waals surface area (Å²) < 4.78 is 0. The molecule has 90 heavy (non-hydrogen) atoms. The predicted molar refractivity (Wildman–Crippen MR) is 301 cm³/mol. The minimum absolute atomic E-state index is 0.0403. The van der Waals surface area contributed by atoms with Crippen molar-refractivity contribution in [2.45, 2.75) is 0 Å². The van der Waals surface area contributed by atoms with Crippen molar-refractivity contribution in [2.24, 2.45) is 0 Å². The third-order valence-corrected chi connectivity index (χ3v) is 12.5. The van der Waals surface area contributed by atoms with E-state index in [9.17, 15) is 57.5 Å². The molecule has 0 spiro atoms. The van der Waals surface area contributed by atoms with Crippen LogP contribution in [0.15, 0.2) is 231 Å². The van der Waals surface area contributed by atoms with Gasteiger partial charge in [0, 0.05) is 0 Å². The van der Waals surface area contributed by atoms with E-state index in [0.29, 0.717) is 11.1 Å². The zero-order chi connectivity index (χ0) is 63.5. The highest BCUT2D eigenvalue weighted by Gasteiger charge is 2.31. The molecule has 0 heterocycles. The molecule has 0 aliphatic heterocycles. The topological polar surface area (TPSA) is 316 Å². The highest BCUT2D eigenvalue weighted by Crippen LogP contribution is 2.34. The number of hydrogen-bond donors (Lipinski definition) is 0. The van der Waals surface area contributed by atoms with Gasteiger partial charge in [-0.25, -0.2) is 116 Å². The van der Waals surface area contributed by atoms with Crippen molar-refractivity contribution in [2.75, 3.05) is 0 Å².